The van der Waals surface area contributed by atoms with E-state index < -0.39 is 10.8 Å². The number of carbonyl (C=O) groups excluding carboxylic acids is 1. The molecule has 0 aromatic rings. The summed E-state index contributed by atoms with van der Waals surface area (Å²) in [4.78, 5) is 10.9. The van der Waals surface area contributed by atoms with Crippen molar-refractivity contribution in [1.29, 1.82) is 0 Å². The predicted molar refractivity (Wildman–Crippen MR) is 50.2 cm³/mol. The van der Waals surface area contributed by atoms with Crippen LogP contribution in [0.1, 0.15) is 13.3 Å². The van der Waals surface area contributed by atoms with Gasteiger partial charge in [-0.05, 0) is 6.92 Å². The molecule has 0 fully saturated rings. The third-order valence-corrected chi connectivity index (χ3v) is 2.00. The van der Waals surface area contributed by atoms with E-state index in [1.54, 1.807) is 13.2 Å². The largest absolute Gasteiger partial charge is 0.355 e. The fourth-order valence-corrected chi connectivity index (χ4v) is 1.09. The van der Waals surface area contributed by atoms with Crippen LogP contribution in [0.25, 0.3) is 0 Å². The summed E-state index contributed by atoms with van der Waals surface area (Å²) < 4.78 is 10.6. The standard InChI is InChI=1S/C7H16N2O2S/c1-6(8)5-7(10)9-3-4-12(2)11/h6H,3-5,8H2,1-2H3,(H,9,10). The Morgan fingerprint density at radius 1 is 1.67 bits per heavy atom. The first-order valence-electron chi connectivity index (χ1n) is 3.84. The van der Waals surface area contributed by atoms with Gasteiger partial charge in [-0.1, -0.05) is 0 Å². The molecule has 0 bridgehead atoms. The number of nitrogens with two attached hydrogens (primary N) is 1. The van der Waals surface area contributed by atoms with E-state index >= 15 is 0 Å². The second-order valence-corrected chi connectivity index (χ2v) is 4.36. The average Bonchev–Trinajstić information content (AvgIpc) is 1.84. The van der Waals surface area contributed by atoms with Crippen molar-refractivity contribution in [3.8, 4) is 0 Å². The molecule has 12 heavy (non-hydrogen) atoms. The van der Waals surface area contributed by atoms with Crippen molar-refractivity contribution < 1.29 is 9.00 Å². The predicted octanol–water partition coefficient (Wildman–Crippen LogP) is -0.782. The zero-order chi connectivity index (χ0) is 9.56. The van der Waals surface area contributed by atoms with Crippen molar-refractivity contribution >= 4 is 16.7 Å². The summed E-state index contributed by atoms with van der Waals surface area (Å²) in [6.45, 7) is 2.24. The van der Waals surface area contributed by atoms with E-state index in [9.17, 15) is 9.00 Å². The van der Waals surface area contributed by atoms with E-state index in [0.717, 1.165) is 0 Å². The van der Waals surface area contributed by atoms with Gasteiger partial charge in [0.2, 0.25) is 5.91 Å². The Hall–Kier alpha value is -0.420. The van der Waals surface area contributed by atoms with Crippen LogP contribution in [0.5, 0.6) is 0 Å². The smallest absolute Gasteiger partial charge is 0.221 e. The maximum atomic E-state index is 10.9. The summed E-state index contributed by atoms with van der Waals surface area (Å²) in [5.74, 6) is 0.431. The third-order valence-electron chi connectivity index (χ3n) is 1.22. The summed E-state index contributed by atoms with van der Waals surface area (Å²) in [5.41, 5.74) is 5.40. The molecule has 0 radical (unpaired) electrons. The van der Waals surface area contributed by atoms with E-state index in [1.165, 1.54) is 0 Å². The number of hydrogen-bond donors (Lipinski definition) is 2. The molecule has 0 saturated carbocycles. The Morgan fingerprint density at radius 3 is 2.67 bits per heavy atom. The molecule has 0 saturated heterocycles. The van der Waals surface area contributed by atoms with Crippen molar-refractivity contribution in [2.45, 2.75) is 19.4 Å². The highest BCUT2D eigenvalue weighted by Crippen LogP contribution is 1.84. The third kappa shape index (κ3) is 7.68. The number of amides is 1. The van der Waals surface area contributed by atoms with E-state index in [2.05, 4.69) is 5.32 Å². The molecule has 0 heterocycles. The van der Waals surface area contributed by atoms with Gasteiger partial charge in [-0.3, -0.25) is 9.00 Å². The van der Waals surface area contributed by atoms with Crippen LogP contribution < -0.4 is 11.1 Å². The normalized spacial score (nSPS) is 15.2. The minimum Gasteiger partial charge on any atom is -0.355 e. The fourth-order valence-electron chi connectivity index (χ4n) is 0.699. The quantitative estimate of drug-likeness (QED) is 0.600. The van der Waals surface area contributed by atoms with Crippen molar-refractivity contribution in [3.63, 3.8) is 0 Å². The van der Waals surface area contributed by atoms with Crippen LogP contribution in [-0.2, 0) is 15.6 Å². The molecule has 72 valence electrons. The Morgan fingerprint density at radius 2 is 2.25 bits per heavy atom. The van der Waals surface area contributed by atoms with Crippen LogP contribution in [0.3, 0.4) is 0 Å². The summed E-state index contributed by atoms with van der Waals surface area (Å²) in [6.07, 6.45) is 1.94. The highest BCUT2D eigenvalue weighted by molar-refractivity contribution is 7.84. The lowest BCUT2D eigenvalue weighted by molar-refractivity contribution is -0.121. The fraction of sp³-hybridized carbons (Fsp3) is 0.857. The molecule has 0 aliphatic heterocycles. The molecule has 0 aliphatic rings. The first kappa shape index (κ1) is 11.6. The molecule has 1 amide bonds. The molecule has 0 aromatic heterocycles. The first-order valence-corrected chi connectivity index (χ1v) is 5.57. The molecular weight excluding hydrogens is 176 g/mol. The Kier molecular flexibility index (Phi) is 5.92. The summed E-state index contributed by atoms with van der Waals surface area (Å²) in [6, 6.07) is -0.114. The van der Waals surface area contributed by atoms with Crippen LogP contribution in [0, 0.1) is 0 Å². The number of nitrogens with one attached hydrogen (secondary N) is 1. The molecule has 0 spiro atoms. The van der Waals surface area contributed by atoms with Crippen molar-refractivity contribution in [2.75, 3.05) is 18.6 Å². The minimum atomic E-state index is -0.841. The van der Waals surface area contributed by atoms with Gasteiger partial charge in [0, 0.05) is 41.8 Å². The topological polar surface area (TPSA) is 72.2 Å². The van der Waals surface area contributed by atoms with Gasteiger partial charge < -0.3 is 11.1 Å². The Labute approximate surface area is 75.4 Å². The molecule has 3 N–H and O–H groups in total. The van der Waals surface area contributed by atoms with Gasteiger partial charge in [-0.15, -0.1) is 0 Å². The van der Waals surface area contributed by atoms with E-state index in [-0.39, 0.29) is 11.9 Å². The zero-order valence-electron chi connectivity index (χ0n) is 7.50. The summed E-state index contributed by atoms with van der Waals surface area (Å²) in [7, 11) is -0.841. The highest BCUT2D eigenvalue weighted by atomic mass is 32.2. The van der Waals surface area contributed by atoms with Gasteiger partial charge in [0.05, 0.1) is 0 Å². The molecule has 2 unspecified atom stereocenters. The maximum Gasteiger partial charge on any atom is 0.221 e. The zero-order valence-corrected chi connectivity index (χ0v) is 8.32. The van der Waals surface area contributed by atoms with Gasteiger partial charge in [0.15, 0.2) is 0 Å². The minimum absolute atomic E-state index is 0.0737. The average molecular weight is 192 g/mol. The summed E-state index contributed by atoms with van der Waals surface area (Å²) >= 11 is 0. The second kappa shape index (κ2) is 6.14. The molecule has 5 heteroatoms. The maximum absolute atomic E-state index is 10.9. The van der Waals surface area contributed by atoms with E-state index in [1.807, 2.05) is 0 Å². The van der Waals surface area contributed by atoms with Crippen LogP contribution >= 0.6 is 0 Å². The lowest BCUT2D eigenvalue weighted by Gasteiger charge is -2.05. The van der Waals surface area contributed by atoms with Crippen molar-refractivity contribution in [3.05, 3.63) is 0 Å². The molecule has 0 rings (SSSR count). The first-order chi connectivity index (χ1) is 5.52. The van der Waals surface area contributed by atoms with Crippen molar-refractivity contribution in [2.24, 2.45) is 5.73 Å². The summed E-state index contributed by atoms with van der Waals surface area (Å²) in [5, 5.41) is 2.63. The van der Waals surface area contributed by atoms with Crippen LogP contribution in [-0.4, -0.2) is 34.7 Å². The second-order valence-electron chi connectivity index (χ2n) is 2.81. The van der Waals surface area contributed by atoms with Crippen LogP contribution in [0.4, 0.5) is 0 Å². The monoisotopic (exact) mass is 192 g/mol. The lowest BCUT2D eigenvalue weighted by atomic mass is 10.2. The number of rotatable bonds is 5. The molecule has 0 aromatic carbocycles. The van der Waals surface area contributed by atoms with Gasteiger partial charge >= 0.3 is 0 Å². The van der Waals surface area contributed by atoms with Gasteiger partial charge in [0.1, 0.15) is 0 Å². The molecule has 4 nitrogen and oxygen atoms in total. The Bertz CT molecular complexity index is 171. The molecule has 0 aliphatic carbocycles. The van der Waals surface area contributed by atoms with E-state index in [0.29, 0.717) is 18.7 Å². The van der Waals surface area contributed by atoms with Gasteiger partial charge in [0.25, 0.3) is 0 Å². The highest BCUT2D eigenvalue weighted by Gasteiger charge is 2.03. The van der Waals surface area contributed by atoms with Crippen LogP contribution in [0.2, 0.25) is 0 Å². The SMILES string of the molecule is CC(N)CC(=O)NCCS(C)=O. The van der Waals surface area contributed by atoms with Gasteiger partial charge in [-0.2, -0.15) is 0 Å². The van der Waals surface area contributed by atoms with Crippen LogP contribution in [0.15, 0.2) is 0 Å². The molecule has 2 atom stereocenters. The Balaban J connectivity index is 3.38. The van der Waals surface area contributed by atoms with Gasteiger partial charge in [-0.25, -0.2) is 0 Å². The number of hydrogen-bond acceptors (Lipinski definition) is 3. The molecular formula is C7H16N2O2S. The van der Waals surface area contributed by atoms with Crippen molar-refractivity contribution in [1.82, 2.24) is 5.32 Å². The number of carbonyl (C=O) groups is 1. The van der Waals surface area contributed by atoms with E-state index in [4.69, 9.17) is 5.73 Å². The lowest BCUT2D eigenvalue weighted by Crippen LogP contribution is -2.32.